The molecule has 0 aromatic carbocycles. The summed E-state index contributed by atoms with van der Waals surface area (Å²) in [5, 5.41) is 8.49. The van der Waals surface area contributed by atoms with Gasteiger partial charge in [0, 0.05) is 24.8 Å². The van der Waals surface area contributed by atoms with Gasteiger partial charge in [-0.2, -0.15) is 0 Å². The highest BCUT2D eigenvalue weighted by molar-refractivity contribution is 6.13. The van der Waals surface area contributed by atoms with Gasteiger partial charge in [0.1, 0.15) is 17.3 Å². The average molecular weight is 365 g/mol. The Morgan fingerprint density at radius 1 is 1.07 bits per heavy atom. The van der Waals surface area contributed by atoms with Crippen LogP contribution in [0.1, 0.15) is 55.3 Å². The molecule has 1 aliphatic carbocycles. The van der Waals surface area contributed by atoms with Crippen LogP contribution in [0.2, 0.25) is 0 Å². The zero-order chi connectivity index (χ0) is 19.0. The van der Waals surface area contributed by atoms with Crippen molar-refractivity contribution in [2.75, 3.05) is 29.5 Å². The van der Waals surface area contributed by atoms with Crippen molar-refractivity contribution in [3.8, 4) is 0 Å². The van der Waals surface area contributed by atoms with Crippen molar-refractivity contribution in [2.45, 2.75) is 45.4 Å². The van der Waals surface area contributed by atoms with E-state index in [1.165, 1.54) is 38.5 Å². The first-order valence-corrected chi connectivity index (χ1v) is 9.66. The number of nitrogens with two attached hydrogens (primary N) is 2. The van der Waals surface area contributed by atoms with Crippen molar-refractivity contribution in [1.82, 2.24) is 15.0 Å². The summed E-state index contributed by atoms with van der Waals surface area (Å²) in [6.07, 6.45) is 11.4. The van der Waals surface area contributed by atoms with Crippen molar-refractivity contribution in [1.29, 1.82) is 5.41 Å². The van der Waals surface area contributed by atoms with Gasteiger partial charge in [-0.1, -0.05) is 12.8 Å². The Morgan fingerprint density at radius 3 is 2.44 bits per heavy atom. The Hall–Kier alpha value is -2.70. The average Bonchev–Trinajstić information content (AvgIpc) is 3.12. The van der Waals surface area contributed by atoms with E-state index in [9.17, 15) is 0 Å². The molecule has 1 spiro atoms. The predicted octanol–water partition coefficient (Wildman–Crippen LogP) is 2.92. The van der Waals surface area contributed by atoms with E-state index in [2.05, 4.69) is 19.9 Å². The lowest BCUT2D eigenvalue weighted by Gasteiger charge is -2.39. The highest BCUT2D eigenvalue weighted by atomic mass is 15.2. The molecule has 1 saturated carbocycles. The Balaban J connectivity index is 1.53. The molecule has 3 heterocycles. The van der Waals surface area contributed by atoms with Crippen LogP contribution in [0.4, 0.5) is 17.5 Å². The van der Waals surface area contributed by atoms with Gasteiger partial charge in [0.15, 0.2) is 5.82 Å². The van der Waals surface area contributed by atoms with Crippen molar-refractivity contribution in [3.63, 3.8) is 0 Å². The second-order valence-electron chi connectivity index (χ2n) is 7.96. The summed E-state index contributed by atoms with van der Waals surface area (Å²) in [5.41, 5.74) is 14.7. The molecule has 27 heavy (non-hydrogen) atoms. The van der Waals surface area contributed by atoms with E-state index in [1.54, 1.807) is 18.5 Å². The molecule has 7 nitrogen and oxygen atoms in total. The first-order valence-electron chi connectivity index (χ1n) is 9.66. The molecule has 0 unspecified atom stereocenters. The smallest absolute Gasteiger partial charge is 0.154 e. The molecule has 2 aliphatic rings. The van der Waals surface area contributed by atoms with E-state index in [-0.39, 0.29) is 11.5 Å². The molecule has 0 atom stereocenters. The van der Waals surface area contributed by atoms with Crippen molar-refractivity contribution >= 4 is 23.2 Å². The molecule has 2 aromatic heterocycles. The molecule has 5 N–H and O–H groups in total. The van der Waals surface area contributed by atoms with E-state index in [4.69, 9.17) is 16.9 Å². The van der Waals surface area contributed by atoms with Crippen molar-refractivity contribution < 1.29 is 0 Å². The van der Waals surface area contributed by atoms with Crippen LogP contribution in [0.5, 0.6) is 0 Å². The minimum absolute atomic E-state index is 0.224. The summed E-state index contributed by atoms with van der Waals surface area (Å²) in [6, 6.07) is 1.68. The molecule has 142 valence electrons. The first-order chi connectivity index (χ1) is 13.0. The maximum absolute atomic E-state index is 8.49. The van der Waals surface area contributed by atoms with Crippen LogP contribution in [-0.4, -0.2) is 33.8 Å². The third-order valence-electron chi connectivity index (χ3n) is 6.23. The number of aryl methyl sites for hydroxylation is 1. The maximum Gasteiger partial charge on any atom is 0.154 e. The number of nitrogens with one attached hydrogen (secondary N) is 1. The van der Waals surface area contributed by atoms with Gasteiger partial charge in [0.2, 0.25) is 0 Å². The van der Waals surface area contributed by atoms with Crippen LogP contribution in [-0.2, 0) is 0 Å². The van der Waals surface area contributed by atoms with E-state index in [0.717, 1.165) is 24.5 Å². The molecule has 2 aromatic rings. The number of rotatable bonds is 3. The van der Waals surface area contributed by atoms with E-state index in [0.29, 0.717) is 22.5 Å². The number of aromatic nitrogens is 3. The number of piperidine rings is 1. The summed E-state index contributed by atoms with van der Waals surface area (Å²) in [4.78, 5) is 15.4. The normalized spacial score (nSPS) is 18.8. The minimum atomic E-state index is 0.224. The van der Waals surface area contributed by atoms with Crippen LogP contribution in [0, 0.1) is 17.7 Å². The topological polar surface area (TPSA) is 118 Å². The van der Waals surface area contributed by atoms with E-state index < -0.39 is 0 Å². The minimum Gasteiger partial charge on any atom is -0.384 e. The third-order valence-corrected chi connectivity index (χ3v) is 6.23. The van der Waals surface area contributed by atoms with Gasteiger partial charge in [-0.15, -0.1) is 0 Å². The molecule has 0 bridgehead atoms. The second kappa shape index (κ2) is 6.79. The van der Waals surface area contributed by atoms with E-state index in [1.807, 2.05) is 6.92 Å². The zero-order valence-electron chi connectivity index (χ0n) is 15.8. The summed E-state index contributed by atoms with van der Waals surface area (Å²) in [5.74, 6) is 1.47. The Labute approximate surface area is 159 Å². The lowest BCUT2D eigenvalue weighted by molar-refractivity contribution is 0.226. The summed E-state index contributed by atoms with van der Waals surface area (Å²) in [7, 11) is 0. The maximum atomic E-state index is 8.49. The largest absolute Gasteiger partial charge is 0.384 e. The number of nitrogens with zero attached hydrogens (tertiary/aromatic N) is 4. The quantitative estimate of drug-likeness (QED) is 0.720. The van der Waals surface area contributed by atoms with Gasteiger partial charge in [-0.05, 0) is 49.7 Å². The number of anilines is 3. The van der Waals surface area contributed by atoms with Crippen molar-refractivity contribution in [3.05, 3.63) is 35.3 Å². The number of hydrogen-bond donors (Lipinski definition) is 3. The Bertz CT molecular complexity index is 861. The summed E-state index contributed by atoms with van der Waals surface area (Å²) < 4.78 is 0. The van der Waals surface area contributed by atoms with Gasteiger partial charge in [0.05, 0.1) is 11.9 Å². The fraction of sp³-hybridized carbons (Fsp3) is 0.500. The SMILES string of the molecule is Cc1cnc(N)cc1C(=N)c1ncc(N2CCC3(CCCC3)CC2)nc1N. The molecule has 4 rings (SSSR count). The standard InChI is InChI=1S/C20H27N7/c1-13-11-24-15(21)10-14(13)17(22)18-19(23)26-16(12-25-18)27-8-6-20(7-9-27)4-2-3-5-20/h10-12,22H,2-9H2,1H3,(H2,21,24)(H2,23,26). The van der Waals surface area contributed by atoms with Crippen molar-refractivity contribution in [2.24, 2.45) is 5.41 Å². The fourth-order valence-electron chi connectivity index (χ4n) is 4.51. The molecule has 0 radical (unpaired) electrons. The van der Waals surface area contributed by atoms with Crippen LogP contribution in [0.3, 0.4) is 0 Å². The van der Waals surface area contributed by atoms with Crippen LogP contribution >= 0.6 is 0 Å². The van der Waals surface area contributed by atoms with Gasteiger partial charge in [0.25, 0.3) is 0 Å². The molecule has 2 fully saturated rings. The highest BCUT2D eigenvalue weighted by Crippen LogP contribution is 2.46. The summed E-state index contributed by atoms with van der Waals surface area (Å²) >= 11 is 0. The van der Waals surface area contributed by atoms with Crippen LogP contribution in [0.15, 0.2) is 18.5 Å². The zero-order valence-corrected chi connectivity index (χ0v) is 15.8. The van der Waals surface area contributed by atoms with Crippen LogP contribution in [0.25, 0.3) is 0 Å². The summed E-state index contributed by atoms with van der Waals surface area (Å²) in [6.45, 7) is 3.90. The van der Waals surface area contributed by atoms with Gasteiger partial charge < -0.3 is 16.4 Å². The highest BCUT2D eigenvalue weighted by Gasteiger charge is 2.37. The second-order valence-corrected chi connectivity index (χ2v) is 7.96. The fourth-order valence-corrected chi connectivity index (χ4v) is 4.51. The molecule has 1 aliphatic heterocycles. The number of pyridine rings is 1. The monoisotopic (exact) mass is 365 g/mol. The lowest BCUT2D eigenvalue weighted by Crippen LogP contribution is -2.39. The number of hydrogen-bond acceptors (Lipinski definition) is 7. The van der Waals surface area contributed by atoms with Crippen LogP contribution < -0.4 is 16.4 Å². The van der Waals surface area contributed by atoms with Gasteiger partial charge >= 0.3 is 0 Å². The molecule has 7 heteroatoms. The first kappa shape index (κ1) is 17.7. The lowest BCUT2D eigenvalue weighted by atomic mass is 9.77. The molecule has 0 amide bonds. The van der Waals surface area contributed by atoms with E-state index >= 15 is 0 Å². The van der Waals surface area contributed by atoms with Gasteiger partial charge in [-0.3, -0.25) is 5.41 Å². The van der Waals surface area contributed by atoms with Gasteiger partial charge in [-0.25, -0.2) is 15.0 Å². The Kier molecular flexibility index (Phi) is 4.45. The predicted molar refractivity (Wildman–Crippen MR) is 108 cm³/mol. The Morgan fingerprint density at radius 2 is 1.78 bits per heavy atom. The number of nitrogen functional groups attached to an aromatic ring is 2. The molecular formula is C20H27N7. The molecular weight excluding hydrogens is 338 g/mol. The molecule has 1 saturated heterocycles. The third kappa shape index (κ3) is 3.34.